The first kappa shape index (κ1) is 23.1. The summed E-state index contributed by atoms with van der Waals surface area (Å²) in [6.07, 6.45) is 0. The highest BCUT2D eigenvalue weighted by molar-refractivity contribution is 14.0. The Morgan fingerprint density at radius 2 is 1.92 bits per heavy atom. The molecule has 0 fully saturated rings. The highest BCUT2D eigenvalue weighted by Crippen LogP contribution is 2.20. The quantitative estimate of drug-likeness (QED) is 0.235. The fraction of sp³-hybridized carbons (Fsp3) is 0.611. The first-order valence-corrected chi connectivity index (χ1v) is 8.33. The topological polar surface area (TPSA) is 65.9 Å². The third-order valence-electron chi connectivity index (χ3n) is 3.27. The van der Waals surface area contributed by atoms with Crippen molar-refractivity contribution in [3.63, 3.8) is 0 Å². The van der Waals surface area contributed by atoms with Crippen LogP contribution in [0.25, 0.3) is 0 Å². The lowest BCUT2D eigenvalue weighted by Gasteiger charge is -2.22. The van der Waals surface area contributed by atoms with E-state index >= 15 is 0 Å². The van der Waals surface area contributed by atoms with Crippen molar-refractivity contribution in [1.82, 2.24) is 10.6 Å². The Bertz CT molecular complexity index is 465. The van der Waals surface area contributed by atoms with E-state index in [9.17, 15) is 5.11 Å². The second kappa shape index (κ2) is 12.5. The predicted molar refractivity (Wildman–Crippen MR) is 111 cm³/mol. The molecule has 0 heterocycles. The van der Waals surface area contributed by atoms with Crippen LogP contribution in [0.5, 0.6) is 0 Å². The lowest BCUT2D eigenvalue weighted by Crippen LogP contribution is -2.40. The van der Waals surface area contributed by atoms with Gasteiger partial charge in [-0.05, 0) is 25.3 Å². The van der Waals surface area contributed by atoms with E-state index in [0.29, 0.717) is 31.6 Å². The normalized spacial score (nSPS) is 14.0. The van der Waals surface area contributed by atoms with Crippen molar-refractivity contribution in [3.05, 3.63) is 35.9 Å². The summed E-state index contributed by atoms with van der Waals surface area (Å²) in [6, 6.07) is 9.60. The van der Waals surface area contributed by atoms with Crippen LogP contribution in [-0.4, -0.2) is 43.9 Å². The van der Waals surface area contributed by atoms with Crippen molar-refractivity contribution in [1.29, 1.82) is 0 Å². The van der Waals surface area contributed by atoms with Gasteiger partial charge in [-0.15, -0.1) is 24.0 Å². The van der Waals surface area contributed by atoms with Crippen LogP contribution in [-0.2, 0) is 10.3 Å². The molecule has 1 aromatic carbocycles. The van der Waals surface area contributed by atoms with Crippen molar-refractivity contribution in [2.45, 2.75) is 33.3 Å². The van der Waals surface area contributed by atoms with E-state index in [0.717, 1.165) is 18.7 Å². The zero-order valence-electron chi connectivity index (χ0n) is 15.2. The van der Waals surface area contributed by atoms with Crippen molar-refractivity contribution < 1.29 is 9.84 Å². The van der Waals surface area contributed by atoms with Gasteiger partial charge in [-0.3, -0.25) is 0 Å². The highest BCUT2D eigenvalue weighted by atomic mass is 127. The number of guanidine groups is 1. The summed E-state index contributed by atoms with van der Waals surface area (Å²) < 4.78 is 5.54. The Morgan fingerprint density at radius 1 is 1.25 bits per heavy atom. The largest absolute Gasteiger partial charge is 0.384 e. The lowest BCUT2D eigenvalue weighted by molar-refractivity contribution is 0.0672. The molecule has 3 N–H and O–H groups in total. The molecule has 1 atom stereocenters. The molecular formula is C18H32IN3O2. The van der Waals surface area contributed by atoms with E-state index in [1.165, 1.54) is 0 Å². The van der Waals surface area contributed by atoms with Crippen molar-refractivity contribution in [3.8, 4) is 0 Å². The van der Waals surface area contributed by atoms with E-state index in [-0.39, 0.29) is 24.0 Å². The Hall–Kier alpha value is -0.860. The molecule has 1 aromatic rings. The van der Waals surface area contributed by atoms with E-state index < -0.39 is 5.60 Å². The average Bonchev–Trinajstić information content (AvgIpc) is 2.53. The monoisotopic (exact) mass is 449 g/mol. The van der Waals surface area contributed by atoms with Crippen molar-refractivity contribution in [2.75, 3.05) is 32.8 Å². The standard InChI is InChI=1S/C18H31N3O2.HI/c1-5-19-17(20-11-12-23-13-15(2)3)21-14-18(4,22)16-9-7-6-8-10-16;/h6-10,15,22H,5,11-14H2,1-4H3,(H2,19,20,21);1H. The van der Waals surface area contributed by atoms with Crippen LogP contribution in [0.15, 0.2) is 35.3 Å². The van der Waals surface area contributed by atoms with Crippen LogP contribution >= 0.6 is 24.0 Å². The van der Waals surface area contributed by atoms with Gasteiger partial charge in [0.25, 0.3) is 0 Å². The second-order valence-corrected chi connectivity index (χ2v) is 6.23. The summed E-state index contributed by atoms with van der Waals surface area (Å²) in [4.78, 5) is 4.48. The maximum Gasteiger partial charge on any atom is 0.191 e. The number of benzene rings is 1. The SMILES string of the molecule is CCNC(=NCC(C)(O)c1ccccc1)NCCOCC(C)C.I. The summed E-state index contributed by atoms with van der Waals surface area (Å²) in [6.45, 7) is 11.2. The Morgan fingerprint density at radius 3 is 2.50 bits per heavy atom. The Labute approximate surface area is 163 Å². The number of aliphatic imine (C=N–C) groups is 1. The molecule has 0 amide bonds. The van der Waals surface area contributed by atoms with Crippen LogP contribution in [0.4, 0.5) is 0 Å². The van der Waals surface area contributed by atoms with Gasteiger partial charge in [0.05, 0.1) is 13.2 Å². The number of hydrogen-bond acceptors (Lipinski definition) is 3. The van der Waals surface area contributed by atoms with Gasteiger partial charge in [0.2, 0.25) is 0 Å². The molecule has 0 saturated carbocycles. The molecule has 0 aromatic heterocycles. The third kappa shape index (κ3) is 9.44. The summed E-state index contributed by atoms with van der Waals surface area (Å²) in [5.41, 5.74) is -0.127. The zero-order valence-corrected chi connectivity index (χ0v) is 17.5. The number of nitrogens with zero attached hydrogens (tertiary/aromatic N) is 1. The molecule has 0 aliphatic rings. The smallest absolute Gasteiger partial charge is 0.191 e. The maximum absolute atomic E-state index is 10.6. The molecule has 0 spiro atoms. The molecule has 1 rings (SSSR count). The first-order chi connectivity index (χ1) is 11.0. The van der Waals surface area contributed by atoms with Gasteiger partial charge in [0, 0.05) is 19.7 Å². The molecule has 5 nitrogen and oxygen atoms in total. The minimum atomic E-state index is -0.988. The molecule has 138 valence electrons. The van der Waals surface area contributed by atoms with Gasteiger partial charge in [-0.25, -0.2) is 4.99 Å². The third-order valence-corrected chi connectivity index (χ3v) is 3.27. The van der Waals surface area contributed by atoms with E-state index in [2.05, 4.69) is 29.5 Å². The van der Waals surface area contributed by atoms with Gasteiger partial charge in [0.1, 0.15) is 5.60 Å². The van der Waals surface area contributed by atoms with Gasteiger partial charge >= 0.3 is 0 Å². The number of aliphatic hydroxyl groups is 1. The van der Waals surface area contributed by atoms with Gasteiger partial charge in [-0.1, -0.05) is 44.2 Å². The summed E-state index contributed by atoms with van der Waals surface area (Å²) in [7, 11) is 0. The zero-order chi connectivity index (χ0) is 17.1. The maximum atomic E-state index is 10.6. The fourth-order valence-corrected chi connectivity index (χ4v) is 2.02. The number of ether oxygens (including phenoxy) is 1. The van der Waals surface area contributed by atoms with E-state index in [1.807, 2.05) is 37.3 Å². The Balaban J connectivity index is 0.00000529. The molecule has 0 radical (unpaired) electrons. The van der Waals surface area contributed by atoms with Gasteiger partial charge in [0.15, 0.2) is 5.96 Å². The number of nitrogens with one attached hydrogen (secondary N) is 2. The van der Waals surface area contributed by atoms with Crippen LogP contribution in [0, 0.1) is 5.92 Å². The van der Waals surface area contributed by atoms with E-state index in [4.69, 9.17) is 4.74 Å². The lowest BCUT2D eigenvalue weighted by atomic mass is 9.96. The summed E-state index contributed by atoms with van der Waals surface area (Å²) in [5.74, 6) is 1.23. The number of rotatable bonds is 9. The van der Waals surface area contributed by atoms with Crippen LogP contribution < -0.4 is 10.6 Å². The van der Waals surface area contributed by atoms with Crippen LogP contribution in [0.1, 0.15) is 33.3 Å². The molecule has 24 heavy (non-hydrogen) atoms. The summed E-state index contributed by atoms with van der Waals surface area (Å²) >= 11 is 0. The molecule has 0 aliphatic carbocycles. The first-order valence-electron chi connectivity index (χ1n) is 8.33. The van der Waals surface area contributed by atoms with Crippen molar-refractivity contribution >= 4 is 29.9 Å². The van der Waals surface area contributed by atoms with Crippen molar-refractivity contribution in [2.24, 2.45) is 10.9 Å². The molecule has 0 bridgehead atoms. The number of halogens is 1. The molecular weight excluding hydrogens is 417 g/mol. The van der Waals surface area contributed by atoms with Gasteiger partial charge < -0.3 is 20.5 Å². The molecule has 0 aliphatic heterocycles. The number of hydrogen-bond donors (Lipinski definition) is 3. The van der Waals surface area contributed by atoms with E-state index in [1.54, 1.807) is 6.92 Å². The predicted octanol–water partition coefficient (Wildman–Crippen LogP) is 2.74. The molecule has 1 unspecified atom stereocenters. The fourth-order valence-electron chi connectivity index (χ4n) is 2.02. The average molecular weight is 449 g/mol. The molecule has 6 heteroatoms. The minimum Gasteiger partial charge on any atom is -0.384 e. The van der Waals surface area contributed by atoms with Crippen LogP contribution in [0.2, 0.25) is 0 Å². The second-order valence-electron chi connectivity index (χ2n) is 6.23. The van der Waals surface area contributed by atoms with Crippen LogP contribution in [0.3, 0.4) is 0 Å². The Kier molecular flexibility index (Phi) is 12.0. The molecule has 0 saturated heterocycles. The summed E-state index contributed by atoms with van der Waals surface area (Å²) in [5, 5.41) is 17.0. The highest BCUT2D eigenvalue weighted by Gasteiger charge is 2.22. The minimum absolute atomic E-state index is 0. The van der Waals surface area contributed by atoms with Gasteiger partial charge in [-0.2, -0.15) is 0 Å².